The fraction of sp³-hybridized carbons (Fsp3) is 0.625. The zero-order valence-electron chi connectivity index (χ0n) is 13.6. The van der Waals surface area contributed by atoms with E-state index in [1.165, 1.54) is 4.88 Å². The molecule has 1 aromatic heterocycles. The van der Waals surface area contributed by atoms with Gasteiger partial charge in [0.25, 0.3) is 0 Å². The van der Waals surface area contributed by atoms with Crippen LogP contribution < -0.4 is 9.47 Å². The summed E-state index contributed by atoms with van der Waals surface area (Å²) in [7, 11) is 0. The van der Waals surface area contributed by atoms with Crippen LogP contribution in [0.5, 0.6) is 11.5 Å². The lowest BCUT2D eigenvalue weighted by atomic mass is 10.2. The molecule has 0 radical (unpaired) electrons. The van der Waals surface area contributed by atoms with Crippen molar-refractivity contribution < 1.29 is 18.9 Å². The molecule has 0 aromatic carbocycles. The molecule has 1 aromatic rings. The average molecular weight is 344 g/mol. The van der Waals surface area contributed by atoms with Gasteiger partial charge in [0.05, 0.1) is 10.6 Å². The lowest BCUT2D eigenvalue weighted by Gasteiger charge is -2.21. The highest BCUT2D eigenvalue weighted by Crippen LogP contribution is 2.53. The Hall–Kier alpha value is -1.01. The molecule has 3 aliphatic heterocycles. The molecule has 0 saturated heterocycles. The summed E-state index contributed by atoms with van der Waals surface area (Å²) in [5, 5.41) is 2.22. The van der Waals surface area contributed by atoms with Gasteiger partial charge in [0.1, 0.15) is 37.4 Å². The van der Waals surface area contributed by atoms with Gasteiger partial charge in [-0.25, -0.2) is 0 Å². The second kappa shape index (κ2) is 8.58. The minimum atomic E-state index is 0.204. The van der Waals surface area contributed by atoms with Gasteiger partial charge >= 0.3 is 0 Å². The fourth-order valence-electron chi connectivity index (χ4n) is 2.30. The molecule has 4 nitrogen and oxygen atoms in total. The molecule has 4 heterocycles. The molecule has 22 heavy (non-hydrogen) atoms. The lowest BCUT2D eigenvalue weighted by molar-refractivity contribution is 0.0640. The minimum absolute atomic E-state index is 0.204. The van der Waals surface area contributed by atoms with Gasteiger partial charge in [-0.3, -0.25) is 0 Å². The standard InChI is InChI=1S/C12H12O4S2.2C2H6/c1-3-15-9-7(13-1)5-17-11(9)12-10-8(6-18-12)14-2-4-16-10;2*1-2/h5,12H,1-4,6H2;2*1-2H3. The molecule has 4 rings (SSSR count). The van der Waals surface area contributed by atoms with Gasteiger partial charge < -0.3 is 18.9 Å². The zero-order valence-corrected chi connectivity index (χ0v) is 15.3. The highest BCUT2D eigenvalue weighted by Gasteiger charge is 2.37. The third-order valence-corrected chi connectivity index (χ3v) is 5.45. The summed E-state index contributed by atoms with van der Waals surface area (Å²) in [6, 6.07) is 0. The number of fused-ring (bicyclic) bond motifs is 1. The van der Waals surface area contributed by atoms with E-state index in [0.717, 1.165) is 28.8 Å². The topological polar surface area (TPSA) is 36.9 Å². The smallest absolute Gasteiger partial charge is 0.176 e. The van der Waals surface area contributed by atoms with Gasteiger partial charge in [0, 0.05) is 5.38 Å². The van der Waals surface area contributed by atoms with Gasteiger partial charge in [0.15, 0.2) is 17.3 Å². The number of thiophene rings is 1. The normalized spacial score (nSPS) is 21.4. The second-order valence-corrected chi connectivity index (χ2v) is 6.17. The van der Waals surface area contributed by atoms with Crippen molar-refractivity contribution in [3.05, 3.63) is 21.8 Å². The molecule has 0 fully saturated rings. The molecule has 0 spiro atoms. The second-order valence-electron chi connectivity index (χ2n) is 4.17. The fourth-order valence-corrected chi connectivity index (χ4v) is 4.73. The summed E-state index contributed by atoms with van der Waals surface area (Å²) in [6.07, 6.45) is 0. The monoisotopic (exact) mass is 344 g/mol. The Bertz CT molecular complexity index is 510. The van der Waals surface area contributed by atoms with E-state index in [0.29, 0.717) is 26.4 Å². The highest BCUT2D eigenvalue weighted by atomic mass is 32.2. The van der Waals surface area contributed by atoms with Crippen LogP contribution in [0.25, 0.3) is 0 Å². The molecular weight excluding hydrogens is 320 g/mol. The van der Waals surface area contributed by atoms with E-state index in [1.54, 1.807) is 11.3 Å². The van der Waals surface area contributed by atoms with Crippen LogP contribution in [-0.2, 0) is 9.47 Å². The van der Waals surface area contributed by atoms with Gasteiger partial charge in [-0.1, -0.05) is 27.7 Å². The molecule has 0 saturated carbocycles. The number of hydrogen-bond acceptors (Lipinski definition) is 6. The molecule has 124 valence electrons. The first kappa shape index (κ1) is 17.3. The molecule has 1 unspecified atom stereocenters. The van der Waals surface area contributed by atoms with Crippen molar-refractivity contribution in [2.24, 2.45) is 0 Å². The van der Waals surface area contributed by atoms with E-state index in [9.17, 15) is 0 Å². The van der Waals surface area contributed by atoms with E-state index in [1.807, 2.05) is 44.8 Å². The number of hydrogen-bond donors (Lipinski definition) is 0. The summed E-state index contributed by atoms with van der Waals surface area (Å²) in [5.41, 5.74) is 0. The zero-order chi connectivity index (χ0) is 15.9. The Morgan fingerprint density at radius 2 is 1.59 bits per heavy atom. The van der Waals surface area contributed by atoms with E-state index in [-0.39, 0.29) is 5.25 Å². The van der Waals surface area contributed by atoms with Gasteiger partial charge in [-0.05, 0) is 0 Å². The van der Waals surface area contributed by atoms with Crippen molar-refractivity contribution in [2.75, 3.05) is 32.2 Å². The van der Waals surface area contributed by atoms with Crippen molar-refractivity contribution in [1.82, 2.24) is 0 Å². The number of rotatable bonds is 1. The third kappa shape index (κ3) is 3.33. The van der Waals surface area contributed by atoms with Gasteiger partial charge in [0.2, 0.25) is 0 Å². The number of thioether (sulfide) groups is 1. The van der Waals surface area contributed by atoms with Crippen LogP contribution in [-0.4, -0.2) is 32.2 Å². The SMILES string of the molecule is CC.CC.c1sc(C2SCC3=C2OCCO3)c2c1OCCO2. The maximum absolute atomic E-state index is 5.77. The first-order chi connectivity index (χ1) is 10.9. The molecular formula is C16H24O4S2. The predicted molar refractivity (Wildman–Crippen MR) is 92.1 cm³/mol. The van der Waals surface area contributed by atoms with Crippen LogP contribution in [0.2, 0.25) is 0 Å². The highest BCUT2D eigenvalue weighted by molar-refractivity contribution is 8.00. The largest absolute Gasteiger partial charge is 0.490 e. The van der Waals surface area contributed by atoms with Crippen LogP contribution in [0.4, 0.5) is 0 Å². The Morgan fingerprint density at radius 1 is 0.909 bits per heavy atom. The van der Waals surface area contributed by atoms with Crippen LogP contribution >= 0.6 is 23.1 Å². The summed E-state index contributed by atoms with van der Waals surface area (Å²) in [4.78, 5) is 1.19. The Kier molecular flexibility index (Phi) is 6.76. The molecule has 3 aliphatic rings. The van der Waals surface area contributed by atoms with Crippen LogP contribution in [0.1, 0.15) is 37.8 Å². The molecule has 0 aliphatic carbocycles. The minimum Gasteiger partial charge on any atom is -0.490 e. The van der Waals surface area contributed by atoms with Crippen molar-refractivity contribution in [1.29, 1.82) is 0 Å². The molecule has 6 heteroatoms. The van der Waals surface area contributed by atoms with Crippen molar-refractivity contribution >= 4 is 23.1 Å². The molecule has 0 N–H and O–H groups in total. The summed E-state index contributed by atoms with van der Waals surface area (Å²) >= 11 is 3.51. The first-order valence-corrected chi connectivity index (χ1v) is 9.83. The van der Waals surface area contributed by atoms with Gasteiger partial charge in [-0.15, -0.1) is 23.1 Å². The summed E-state index contributed by atoms with van der Waals surface area (Å²) < 4.78 is 22.7. The number of ether oxygens (including phenoxy) is 4. The maximum Gasteiger partial charge on any atom is 0.176 e. The molecule has 1 atom stereocenters. The van der Waals surface area contributed by atoms with Crippen LogP contribution in [0.3, 0.4) is 0 Å². The Balaban J connectivity index is 0.000000410. The van der Waals surface area contributed by atoms with E-state index in [2.05, 4.69) is 0 Å². The molecule has 0 amide bonds. The average Bonchev–Trinajstić information content (AvgIpc) is 3.22. The Morgan fingerprint density at radius 3 is 2.41 bits per heavy atom. The lowest BCUT2D eigenvalue weighted by Crippen LogP contribution is -2.16. The van der Waals surface area contributed by atoms with E-state index >= 15 is 0 Å². The Labute approximate surface area is 140 Å². The van der Waals surface area contributed by atoms with Crippen LogP contribution in [0, 0.1) is 0 Å². The van der Waals surface area contributed by atoms with E-state index < -0.39 is 0 Å². The van der Waals surface area contributed by atoms with Crippen LogP contribution in [0.15, 0.2) is 16.9 Å². The molecule has 0 bridgehead atoms. The van der Waals surface area contributed by atoms with Crippen molar-refractivity contribution in [2.45, 2.75) is 32.9 Å². The van der Waals surface area contributed by atoms with Crippen molar-refractivity contribution in [3.8, 4) is 11.5 Å². The van der Waals surface area contributed by atoms with E-state index in [4.69, 9.17) is 18.9 Å². The van der Waals surface area contributed by atoms with Crippen molar-refractivity contribution in [3.63, 3.8) is 0 Å². The maximum atomic E-state index is 5.77. The quantitative estimate of drug-likeness (QED) is 0.743. The summed E-state index contributed by atoms with van der Waals surface area (Å²) in [6.45, 7) is 10.6. The first-order valence-electron chi connectivity index (χ1n) is 7.90. The third-order valence-electron chi connectivity index (χ3n) is 3.08. The van der Waals surface area contributed by atoms with Gasteiger partial charge in [-0.2, -0.15) is 0 Å². The predicted octanol–water partition coefficient (Wildman–Crippen LogP) is 4.62. The summed E-state index contributed by atoms with van der Waals surface area (Å²) in [5.74, 6) is 4.62.